The van der Waals surface area contributed by atoms with Crippen molar-refractivity contribution in [3.63, 3.8) is 0 Å². The minimum Gasteiger partial charge on any atom is -0.464 e. The van der Waals surface area contributed by atoms with Gasteiger partial charge in [-0.3, -0.25) is 0 Å². The maximum absolute atomic E-state index is 12.9. The first-order valence-electron chi connectivity index (χ1n) is 5.70. The average molecular weight is 247 g/mol. The molecule has 0 bridgehead atoms. The number of ether oxygens (including phenoxy) is 1. The van der Waals surface area contributed by atoms with Crippen LogP contribution in [-0.2, 0) is 11.3 Å². The smallest absolute Gasteiger partial charge is 0.354 e. The van der Waals surface area contributed by atoms with Crippen molar-refractivity contribution >= 4 is 5.97 Å². The molecule has 0 spiro atoms. The Morgan fingerprint density at radius 2 is 1.94 bits per heavy atom. The summed E-state index contributed by atoms with van der Waals surface area (Å²) >= 11 is 0. The SMILES string of the molecule is CCn1cc(-c2ccc(F)cc2)cc1C(=O)OC. The Bertz CT molecular complexity index is 558. The molecule has 0 fully saturated rings. The Morgan fingerprint density at radius 3 is 2.50 bits per heavy atom. The summed E-state index contributed by atoms with van der Waals surface area (Å²) in [7, 11) is 1.35. The Kier molecular flexibility index (Phi) is 3.46. The highest BCUT2D eigenvalue weighted by Crippen LogP contribution is 2.23. The zero-order valence-corrected chi connectivity index (χ0v) is 10.3. The molecule has 1 aromatic carbocycles. The predicted molar refractivity (Wildman–Crippen MR) is 66.8 cm³/mol. The summed E-state index contributed by atoms with van der Waals surface area (Å²) in [4.78, 5) is 11.6. The minimum atomic E-state index is -0.370. The van der Waals surface area contributed by atoms with Crippen molar-refractivity contribution in [2.75, 3.05) is 7.11 Å². The third-order valence-electron chi connectivity index (χ3n) is 2.81. The number of benzene rings is 1. The second-order valence-electron chi connectivity index (χ2n) is 3.90. The summed E-state index contributed by atoms with van der Waals surface area (Å²) in [6.45, 7) is 2.62. The number of carbonyl (C=O) groups is 1. The molecule has 0 saturated carbocycles. The van der Waals surface area contributed by atoms with Gasteiger partial charge in [-0.15, -0.1) is 0 Å². The number of aryl methyl sites for hydroxylation is 1. The fourth-order valence-corrected chi connectivity index (χ4v) is 1.85. The molecular formula is C14H14FNO2. The van der Waals surface area contributed by atoms with Gasteiger partial charge in [-0.1, -0.05) is 12.1 Å². The molecule has 1 heterocycles. The van der Waals surface area contributed by atoms with Crippen molar-refractivity contribution in [2.24, 2.45) is 0 Å². The number of hydrogen-bond acceptors (Lipinski definition) is 2. The van der Waals surface area contributed by atoms with Crippen LogP contribution < -0.4 is 0 Å². The van der Waals surface area contributed by atoms with Crippen LogP contribution in [0.25, 0.3) is 11.1 Å². The van der Waals surface area contributed by atoms with Gasteiger partial charge in [0, 0.05) is 18.3 Å². The Labute approximate surface area is 105 Å². The van der Waals surface area contributed by atoms with E-state index < -0.39 is 0 Å². The molecular weight excluding hydrogens is 233 g/mol. The normalized spacial score (nSPS) is 10.4. The molecule has 18 heavy (non-hydrogen) atoms. The van der Waals surface area contributed by atoms with Gasteiger partial charge in [0.05, 0.1) is 7.11 Å². The predicted octanol–water partition coefficient (Wildman–Crippen LogP) is 3.10. The maximum atomic E-state index is 12.9. The van der Waals surface area contributed by atoms with Crippen molar-refractivity contribution < 1.29 is 13.9 Å². The number of aromatic nitrogens is 1. The largest absolute Gasteiger partial charge is 0.464 e. The van der Waals surface area contributed by atoms with Crippen molar-refractivity contribution in [3.05, 3.63) is 48.0 Å². The number of esters is 1. The van der Waals surface area contributed by atoms with E-state index in [4.69, 9.17) is 4.74 Å². The molecule has 1 aromatic heterocycles. The van der Waals surface area contributed by atoms with E-state index in [0.29, 0.717) is 12.2 Å². The van der Waals surface area contributed by atoms with E-state index in [1.807, 2.05) is 17.7 Å². The van der Waals surface area contributed by atoms with Crippen LogP contribution in [0.1, 0.15) is 17.4 Å². The molecule has 0 saturated heterocycles. The van der Waals surface area contributed by atoms with Gasteiger partial charge in [0.2, 0.25) is 0 Å². The number of hydrogen-bond donors (Lipinski definition) is 0. The third kappa shape index (κ3) is 2.27. The fourth-order valence-electron chi connectivity index (χ4n) is 1.85. The van der Waals surface area contributed by atoms with E-state index in [-0.39, 0.29) is 11.8 Å². The second kappa shape index (κ2) is 5.04. The average Bonchev–Trinajstić information content (AvgIpc) is 2.82. The number of rotatable bonds is 3. The standard InChI is InChI=1S/C14H14FNO2/c1-3-16-9-11(8-13(16)14(17)18-2)10-4-6-12(15)7-5-10/h4-9H,3H2,1-2H3. The lowest BCUT2D eigenvalue weighted by Gasteiger charge is -2.02. The number of carbonyl (C=O) groups excluding carboxylic acids is 1. The molecule has 0 aliphatic carbocycles. The number of halogens is 1. The highest BCUT2D eigenvalue weighted by molar-refractivity contribution is 5.89. The maximum Gasteiger partial charge on any atom is 0.354 e. The molecule has 0 aliphatic rings. The molecule has 3 nitrogen and oxygen atoms in total. The van der Waals surface area contributed by atoms with Crippen molar-refractivity contribution in [2.45, 2.75) is 13.5 Å². The van der Waals surface area contributed by atoms with Gasteiger partial charge in [0.1, 0.15) is 11.5 Å². The molecule has 0 radical (unpaired) electrons. The highest BCUT2D eigenvalue weighted by atomic mass is 19.1. The lowest BCUT2D eigenvalue weighted by Crippen LogP contribution is -2.08. The van der Waals surface area contributed by atoms with Gasteiger partial charge < -0.3 is 9.30 Å². The van der Waals surface area contributed by atoms with Gasteiger partial charge in [0.15, 0.2) is 0 Å². The Hall–Kier alpha value is -2.10. The number of nitrogens with zero attached hydrogens (tertiary/aromatic N) is 1. The lowest BCUT2D eigenvalue weighted by atomic mass is 10.1. The van der Waals surface area contributed by atoms with E-state index in [0.717, 1.165) is 11.1 Å². The minimum absolute atomic E-state index is 0.276. The monoisotopic (exact) mass is 247 g/mol. The summed E-state index contributed by atoms with van der Waals surface area (Å²) in [6.07, 6.45) is 1.86. The summed E-state index contributed by atoms with van der Waals surface area (Å²) in [5, 5.41) is 0. The van der Waals surface area contributed by atoms with Crippen molar-refractivity contribution in [1.82, 2.24) is 4.57 Å². The van der Waals surface area contributed by atoms with Crippen LogP contribution in [0.2, 0.25) is 0 Å². The van der Waals surface area contributed by atoms with E-state index in [9.17, 15) is 9.18 Å². The topological polar surface area (TPSA) is 31.2 Å². The third-order valence-corrected chi connectivity index (χ3v) is 2.81. The second-order valence-corrected chi connectivity index (χ2v) is 3.90. The summed E-state index contributed by atoms with van der Waals surface area (Å²) in [5.41, 5.74) is 2.24. The molecule has 0 aliphatic heterocycles. The van der Waals surface area contributed by atoms with Crippen molar-refractivity contribution in [1.29, 1.82) is 0 Å². The Balaban J connectivity index is 2.43. The van der Waals surface area contributed by atoms with Crippen LogP contribution in [-0.4, -0.2) is 17.6 Å². The zero-order valence-electron chi connectivity index (χ0n) is 10.3. The summed E-state index contributed by atoms with van der Waals surface area (Å²) in [5.74, 6) is -0.646. The summed E-state index contributed by atoms with van der Waals surface area (Å²) < 4.78 is 19.4. The molecule has 0 N–H and O–H groups in total. The van der Waals surface area contributed by atoms with Gasteiger partial charge in [-0.2, -0.15) is 0 Å². The van der Waals surface area contributed by atoms with Crippen LogP contribution in [0.15, 0.2) is 36.5 Å². The molecule has 2 aromatic rings. The quantitative estimate of drug-likeness (QED) is 0.780. The van der Waals surface area contributed by atoms with Crippen LogP contribution in [0.3, 0.4) is 0 Å². The molecule has 0 amide bonds. The van der Waals surface area contributed by atoms with Gasteiger partial charge in [0.25, 0.3) is 0 Å². The van der Waals surface area contributed by atoms with E-state index in [1.165, 1.54) is 19.2 Å². The first-order chi connectivity index (χ1) is 8.65. The molecule has 0 unspecified atom stereocenters. The zero-order chi connectivity index (χ0) is 13.1. The molecule has 0 atom stereocenters. The lowest BCUT2D eigenvalue weighted by molar-refractivity contribution is 0.0588. The van der Waals surface area contributed by atoms with Gasteiger partial charge in [-0.05, 0) is 30.7 Å². The van der Waals surface area contributed by atoms with Crippen molar-refractivity contribution in [3.8, 4) is 11.1 Å². The van der Waals surface area contributed by atoms with E-state index >= 15 is 0 Å². The molecule has 4 heteroatoms. The molecule has 94 valence electrons. The summed E-state index contributed by atoms with van der Waals surface area (Å²) in [6, 6.07) is 7.92. The van der Waals surface area contributed by atoms with Crippen LogP contribution in [0.5, 0.6) is 0 Å². The van der Waals surface area contributed by atoms with Crippen LogP contribution >= 0.6 is 0 Å². The van der Waals surface area contributed by atoms with E-state index in [1.54, 1.807) is 18.2 Å². The van der Waals surface area contributed by atoms with Crippen LogP contribution in [0, 0.1) is 5.82 Å². The highest BCUT2D eigenvalue weighted by Gasteiger charge is 2.13. The fraction of sp³-hybridized carbons (Fsp3) is 0.214. The number of methoxy groups -OCH3 is 1. The van der Waals surface area contributed by atoms with Gasteiger partial charge >= 0.3 is 5.97 Å². The first kappa shape index (κ1) is 12.4. The van der Waals surface area contributed by atoms with Crippen LogP contribution in [0.4, 0.5) is 4.39 Å². The molecule has 2 rings (SSSR count). The van der Waals surface area contributed by atoms with E-state index in [2.05, 4.69) is 0 Å². The first-order valence-corrected chi connectivity index (χ1v) is 5.70. The Morgan fingerprint density at radius 1 is 1.28 bits per heavy atom. The van der Waals surface area contributed by atoms with Gasteiger partial charge in [-0.25, -0.2) is 9.18 Å².